The van der Waals surface area contributed by atoms with Crippen LogP contribution in [-0.2, 0) is 6.42 Å². The van der Waals surface area contributed by atoms with Crippen LogP contribution in [0.25, 0.3) is 0 Å². The van der Waals surface area contributed by atoms with Gasteiger partial charge >= 0.3 is 0 Å². The molecule has 0 spiro atoms. The Morgan fingerprint density at radius 2 is 2.08 bits per heavy atom. The van der Waals surface area contributed by atoms with Crippen molar-refractivity contribution in [2.24, 2.45) is 10.9 Å². The molecule has 2 unspecified atom stereocenters. The summed E-state index contributed by atoms with van der Waals surface area (Å²) in [6, 6.07) is 8.41. The highest BCUT2D eigenvalue weighted by molar-refractivity contribution is 14.0. The minimum atomic E-state index is 0. The molecule has 0 saturated heterocycles. The molecule has 146 valence electrons. The standard InChI is InChI=1S/C19H30N4OS.HI/c1-5-20-19(21-13-15(2)12-16-8-7-11-25-16)22-14-17(23(3)4)18-9-6-10-24-18;/h6-11,15,17H,5,12-14H2,1-4H3,(H2,20,21,22);1H. The molecular weight excluding hydrogens is 459 g/mol. The number of hydrogen-bond acceptors (Lipinski definition) is 4. The summed E-state index contributed by atoms with van der Waals surface area (Å²) in [5, 5.41) is 8.91. The summed E-state index contributed by atoms with van der Waals surface area (Å²) in [7, 11) is 4.12. The average molecular weight is 490 g/mol. The van der Waals surface area contributed by atoms with E-state index in [0.29, 0.717) is 5.92 Å². The highest BCUT2D eigenvalue weighted by atomic mass is 127. The van der Waals surface area contributed by atoms with Gasteiger partial charge in [0.05, 0.1) is 12.3 Å². The summed E-state index contributed by atoms with van der Waals surface area (Å²) in [6.45, 7) is 6.73. The predicted octanol–water partition coefficient (Wildman–Crippen LogP) is 4.00. The first-order valence-electron chi connectivity index (χ1n) is 8.84. The number of hydrogen-bond donors (Lipinski definition) is 2. The fraction of sp³-hybridized carbons (Fsp3) is 0.526. The van der Waals surface area contributed by atoms with Crippen LogP contribution in [0.15, 0.2) is 45.3 Å². The van der Waals surface area contributed by atoms with Gasteiger partial charge in [0.1, 0.15) is 5.76 Å². The molecule has 7 heteroatoms. The van der Waals surface area contributed by atoms with E-state index in [2.05, 4.69) is 61.0 Å². The van der Waals surface area contributed by atoms with Gasteiger partial charge in [0.25, 0.3) is 0 Å². The van der Waals surface area contributed by atoms with Gasteiger partial charge in [-0.2, -0.15) is 0 Å². The largest absolute Gasteiger partial charge is 0.468 e. The molecule has 0 aliphatic carbocycles. The van der Waals surface area contributed by atoms with E-state index in [9.17, 15) is 0 Å². The van der Waals surface area contributed by atoms with Gasteiger partial charge in [-0.05, 0) is 56.9 Å². The van der Waals surface area contributed by atoms with Crippen molar-refractivity contribution >= 4 is 41.3 Å². The topological polar surface area (TPSA) is 52.8 Å². The van der Waals surface area contributed by atoms with Crippen molar-refractivity contribution in [2.75, 3.05) is 33.7 Å². The van der Waals surface area contributed by atoms with Crippen LogP contribution in [0.5, 0.6) is 0 Å². The minimum absolute atomic E-state index is 0. The Kier molecular flexibility index (Phi) is 10.9. The molecule has 2 N–H and O–H groups in total. The molecule has 26 heavy (non-hydrogen) atoms. The zero-order valence-corrected chi connectivity index (χ0v) is 19.2. The van der Waals surface area contributed by atoms with E-state index in [-0.39, 0.29) is 30.0 Å². The van der Waals surface area contributed by atoms with Crippen LogP contribution < -0.4 is 10.6 Å². The van der Waals surface area contributed by atoms with Crippen LogP contribution in [0.4, 0.5) is 0 Å². The van der Waals surface area contributed by atoms with Gasteiger partial charge in [0, 0.05) is 24.5 Å². The number of aliphatic imine (C=N–C) groups is 1. The van der Waals surface area contributed by atoms with Crippen molar-refractivity contribution in [1.82, 2.24) is 15.5 Å². The molecule has 0 saturated carbocycles. The van der Waals surface area contributed by atoms with Gasteiger partial charge in [-0.25, -0.2) is 0 Å². The van der Waals surface area contributed by atoms with Crippen molar-refractivity contribution < 1.29 is 4.42 Å². The molecule has 2 atom stereocenters. The Hall–Kier alpha value is -1.06. The molecular formula is C19H31IN4OS. The predicted molar refractivity (Wildman–Crippen MR) is 122 cm³/mol. The molecule has 0 bridgehead atoms. The molecule has 2 aromatic heterocycles. The van der Waals surface area contributed by atoms with Gasteiger partial charge < -0.3 is 15.1 Å². The molecule has 0 aliphatic rings. The van der Waals surface area contributed by atoms with Crippen LogP contribution in [-0.4, -0.2) is 44.6 Å². The maximum atomic E-state index is 5.57. The van der Waals surface area contributed by atoms with Crippen molar-refractivity contribution in [2.45, 2.75) is 26.3 Å². The lowest BCUT2D eigenvalue weighted by atomic mass is 10.1. The SMILES string of the molecule is CCNC(=NCC(C)Cc1cccs1)NCC(c1ccco1)N(C)C.I. The van der Waals surface area contributed by atoms with E-state index >= 15 is 0 Å². The zero-order chi connectivity index (χ0) is 18.1. The van der Waals surface area contributed by atoms with Crippen molar-refractivity contribution in [3.05, 3.63) is 46.5 Å². The number of likely N-dealkylation sites (N-methyl/N-ethyl adjacent to an activating group) is 1. The van der Waals surface area contributed by atoms with E-state index in [1.54, 1.807) is 6.26 Å². The normalized spacial score (nSPS) is 14.0. The molecule has 0 fully saturated rings. The number of thiophene rings is 1. The molecule has 0 radical (unpaired) electrons. The second-order valence-corrected chi connectivity index (χ2v) is 7.52. The van der Waals surface area contributed by atoms with Gasteiger partial charge in [-0.15, -0.1) is 35.3 Å². The van der Waals surface area contributed by atoms with Crippen molar-refractivity contribution in [3.63, 3.8) is 0 Å². The first-order valence-corrected chi connectivity index (χ1v) is 9.72. The smallest absolute Gasteiger partial charge is 0.191 e. The fourth-order valence-electron chi connectivity index (χ4n) is 2.64. The van der Waals surface area contributed by atoms with E-state index in [4.69, 9.17) is 9.41 Å². The van der Waals surface area contributed by atoms with Crippen LogP contribution in [0.2, 0.25) is 0 Å². The number of halogens is 1. The lowest BCUT2D eigenvalue weighted by molar-refractivity contribution is 0.258. The Morgan fingerprint density at radius 3 is 2.65 bits per heavy atom. The number of furan rings is 1. The Bertz CT molecular complexity index is 614. The fourth-order valence-corrected chi connectivity index (χ4v) is 3.51. The quantitative estimate of drug-likeness (QED) is 0.317. The maximum Gasteiger partial charge on any atom is 0.191 e. The molecule has 0 aromatic carbocycles. The Balaban J connectivity index is 0.00000338. The van der Waals surface area contributed by atoms with E-state index in [1.165, 1.54) is 4.88 Å². The van der Waals surface area contributed by atoms with Crippen LogP contribution in [0, 0.1) is 5.92 Å². The summed E-state index contributed by atoms with van der Waals surface area (Å²) in [6.07, 6.45) is 2.80. The summed E-state index contributed by atoms with van der Waals surface area (Å²) in [4.78, 5) is 8.33. The van der Waals surface area contributed by atoms with Crippen LogP contribution >= 0.6 is 35.3 Å². The van der Waals surface area contributed by atoms with Gasteiger partial charge in [-0.3, -0.25) is 9.89 Å². The van der Waals surface area contributed by atoms with Crippen molar-refractivity contribution in [1.29, 1.82) is 0 Å². The number of nitrogens with zero attached hydrogens (tertiary/aromatic N) is 2. The highest BCUT2D eigenvalue weighted by Gasteiger charge is 2.17. The zero-order valence-electron chi connectivity index (χ0n) is 16.1. The minimum Gasteiger partial charge on any atom is -0.468 e. The summed E-state index contributed by atoms with van der Waals surface area (Å²) < 4.78 is 5.57. The molecule has 0 aliphatic heterocycles. The number of rotatable bonds is 9. The van der Waals surface area contributed by atoms with Gasteiger partial charge in [0.15, 0.2) is 5.96 Å². The highest BCUT2D eigenvalue weighted by Crippen LogP contribution is 2.17. The second-order valence-electron chi connectivity index (χ2n) is 6.48. The molecule has 2 aromatic rings. The summed E-state index contributed by atoms with van der Waals surface area (Å²) in [5.41, 5.74) is 0. The monoisotopic (exact) mass is 490 g/mol. The Morgan fingerprint density at radius 1 is 1.27 bits per heavy atom. The summed E-state index contributed by atoms with van der Waals surface area (Å²) >= 11 is 1.82. The lowest BCUT2D eigenvalue weighted by Gasteiger charge is -2.24. The summed E-state index contributed by atoms with van der Waals surface area (Å²) in [5.74, 6) is 2.34. The van der Waals surface area contributed by atoms with E-state index in [0.717, 1.165) is 37.8 Å². The third-order valence-electron chi connectivity index (χ3n) is 3.99. The number of guanidine groups is 1. The van der Waals surface area contributed by atoms with E-state index < -0.39 is 0 Å². The van der Waals surface area contributed by atoms with Crippen LogP contribution in [0.1, 0.15) is 30.5 Å². The first-order chi connectivity index (χ1) is 12.1. The second kappa shape index (κ2) is 12.3. The molecule has 0 amide bonds. The van der Waals surface area contributed by atoms with Crippen LogP contribution in [0.3, 0.4) is 0 Å². The van der Waals surface area contributed by atoms with Gasteiger partial charge in [0.2, 0.25) is 0 Å². The number of nitrogens with one attached hydrogen (secondary N) is 2. The molecule has 2 heterocycles. The lowest BCUT2D eigenvalue weighted by Crippen LogP contribution is -2.42. The Labute approximate surface area is 178 Å². The molecule has 5 nitrogen and oxygen atoms in total. The molecule has 2 rings (SSSR count). The average Bonchev–Trinajstić information content (AvgIpc) is 3.26. The van der Waals surface area contributed by atoms with Gasteiger partial charge in [-0.1, -0.05) is 13.0 Å². The third kappa shape index (κ3) is 7.67. The maximum absolute atomic E-state index is 5.57. The third-order valence-corrected chi connectivity index (χ3v) is 4.89. The first kappa shape index (κ1) is 23.0. The van der Waals surface area contributed by atoms with E-state index in [1.807, 2.05) is 23.5 Å². The van der Waals surface area contributed by atoms with Crippen molar-refractivity contribution in [3.8, 4) is 0 Å².